The van der Waals surface area contributed by atoms with Crippen molar-refractivity contribution in [2.24, 2.45) is 5.92 Å². The summed E-state index contributed by atoms with van der Waals surface area (Å²) in [6.07, 6.45) is 0.0121. The predicted molar refractivity (Wildman–Crippen MR) is 95.5 cm³/mol. The number of rotatable bonds is 4. The number of benzene rings is 2. The molecule has 0 aliphatic carbocycles. The minimum Gasteiger partial charge on any atom is -0.497 e. The lowest BCUT2D eigenvalue weighted by Gasteiger charge is -2.16. The van der Waals surface area contributed by atoms with Gasteiger partial charge in [0.1, 0.15) is 11.6 Å². The Morgan fingerprint density at radius 3 is 2.59 bits per heavy atom. The van der Waals surface area contributed by atoms with Gasteiger partial charge in [0.05, 0.1) is 13.0 Å². The van der Waals surface area contributed by atoms with Crippen molar-refractivity contribution >= 4 is 23.4 Å². The Kier molecular flexibility index (Phi) is 5.35. The molecular weight excluding hydrogens is 353 g/mol. The van der Waals surface area contributed by atoms with E-state index in [-0.39, 0.29) is 18.9 Å². The molecule has 0 saturated carbocycles. The minimum absolute atomic E-state index is 0.0121. The third kappa shape index (κ3) is 4.22. The molecule has 1 heterocycles. The average molecular weight is 371 g/mol. The zero-order valence-electron chi connectivity index (χ0n) is 14.6. The topological polar surface area (TPSA) is 87.7 Å². The summed E-state index contributed by atoms with van der Waals surface area (Å²) in [6, 6.07) is 12.0. The zero-order valence-corrected chi connectivity index (χ0v) is 14.6. The molecule has 2 N–H and O–H groups in total. The number of carbonyl (C=O) groups excluding carboxylic acids is 3. The van der Waals surface area contributed by atoms with Crippen LogP contribution in [-0.4, -0.2) is 31.4 Å². The lowest BCUT2D eigenvalue weighted by atomic mass is 10.1. The number of hydrazine groups is 1. The van der Waals surface area contributed by atoms with Gasteiger partial charge >= 0.3 is 0 Å². The van der Waals surface area contributed by atoms with Crippen molar-refractivity contribution < 1.29 is 23.5 Å². The molecule has 2 aromatic rings. The number of hydrogen-bond donors (Lipinski definition) is 2. The second-order valence-corrected chi connectivity index (χ2v) is 6.06. The van der Waals surface area contributed by atoms with E-state index in [1.165, 1.54) is 42.3 Å². The zero-order chi connectivity index (χ0) is 19.4. The first-order chi connectivity index (χ1) is 13.0. The molecule has 1 saturated heterocycles. The van der Waals surface area contributed by atoms with E-state index >= 15 is 0 Å². The van der Waals surface area contributed by atoms with E-state index in [2.05, 4.69) is 10.9 Å². The first kappa shape index (κ1) is 18.4. The van der Waals surface area contributed by atoms with Gasteiger partial charge in [0.25, 0.3) is 5.91 Å². The maximum Gasteiger partial charge on any atom is 0.269 e. The maximum absolute atomic E-state index is 13.0. The molecule has 0 bridgehead atoms. The molecule has 0 unspecified atom stereocenters. The van der Waals surface area contributed by atoms with Crippen molar-refractivity contribution in [3.8, 4) is 5.75 Å². The maximum atomic E-state index is 13.0. The normalized spacial score (nSPS) is 16.1. The number of ether oxygens (including phenoxy) is 1. The lowest BCUT2D eigenvalue weighted by Crippen LogP contribution is -2.45. The summed E-state index contributed by atoms with van der Waals surface area (Å²) < 4.78 is 18.1. The van der Waals surface area contributed by atoms with Crippen molar-refractivity contribution in [2.75, 3.05) is 18.6 Å². The Morgan fingerprint density at radius 1 is 1.15 bits per heavy atom. The van der Waals surface area contributed by atoms with Gasteiger partial charge in [0.15, 0.2) is 0 Å². The van der Waals surface area contributed by atoms with Gasteiger partial charge in [0.2, 0.25) is 11.8 Å². The number of carbonyl (C=O) groups is 3. The molecule has 0 radical (unpaired) electrons. The first-order valence-electron chi connectivity index (χ1n) is 8.28. The second kappa shape index (κ2) is 7.86. The van der Waals surface area contributed by atoms with E-state index in [4.69, 9.17) is 4.74 Å². The highest BCUT2D eigenvalue weighted by Crippen LogP contribution is 2.25. The Bertz CT molecular complexity index is 870. The van der Waals surface area contributed by atoms with Gasteiger partial charge in [-0.2, -0.15) is 0 Å². The Balaban J connectivity index is 1.57. The molecule has 1 fully saturated rings. The van der Waals surface area contributed by atoms with Gasteiger partial charge in [-0.25, -0.2) is 4.39 Å². The molecule has 1 aliphatic rings. The number of nitrogens with one attached hydrogen (secondary N) is 2. The van der Waals surface area contributed by atoms with Gasteiger partial charge in [-0.05, 0) is 42.5 Å². The number of halogens is 1. The highest BCUT2D eigenvalue weighted by molar-refractivity contribution is 6.01. The van der Waals surface area contributed by atoms with Crippen LogP contribution >= 0.6 is 0 Å². The molecular formula is C19H18FN3O4. The van der Waals surface area contributed by atoms with Gasteiger partial charge in [0, 0.05) is 24.2 Å². The number of anilines is 1. The Hall–Kier alpha value is -3.42. The van der Waals surface area contributed by atoms with Crippen LogP contribution in [0.1, 0.15) is 16.8 Å². The first-order valence-corrected chi connectivity index (χ1v) is 8.28. The summed E-state index contributed by atoms with van der Waals surface area (Å²) in [5.74, 6) is -1.70. The fourth-order valence-electron chi connectivity index (χ4n) is 2.81. The lowest BCUT2D eigenvalue weighted by molar-refractivity contribution is -0.126. The summed E-state index contributed by atoms with van der Waals surface area (Å²) >= 11 is 0. The molecule has 3 amide bonds. The Labute approximate surface area is 155 Å². The second-order valence-electron chi connectivity index (χ2n) is 6.06. The van der Waals surface area contributed by atoms with E-state index in [9.17, 15) is 18.8 Å². The molecule has 0 aromatic heterocycles. The van der Waals surface area contributed by atoms with Crippen LogP contribution in [0.2, 0.25) is 0 Å². The van der Waals surface area contributed by atoms with Crippen LogP contribution in [0.3, 0.4) is 0 Å². The summed E-state index contributed by atoms with van der Waals surface area (Å²) in [5, 5.41) is 0. The number of amides is 3. The van der Waals surface area contributed by atoms with Crippen LogP contribution in [0.15, 0.2) is 48.5 Å². The highest BCUT2D eigenvalue weighted by Gasteiger charge is 2.35. The van der Waals surface area contributed by atoms with E-state index in [1.807, 2.05) is 0 Å². The van der Waals surface area contributed by atoms with E-state index < -0.39 is 23.5 Å². The minimum atomic E-state index is -0.617. The van der Waals surface area contributed by atoms with Crippen LogP contribution < -0.4 is 20.5 Å². The molecule has 140 valence electrons. The van der Waals surface area contributed by atoms with E-state index in [1.54, 1.807) is 18.2 Å². The molecule has 0 spiro atoms. The molecule has 8 heteroatoms. The summed E-state index contributed by atoms with van der Waals surface area (Å²) in [6.45, 7) is 0.158. The van der Waals surface area contributed by atoms with Gasteiger partial charge in [-0.15, -0.1) is 0 Å². The fraction of sp³-hybridized carbons (Fsp3) is 0.211. The quantitative estimate of drug-likeness (QED) is 0.800. The smallest absolute Gasteiger partial charge is 0.269 e. The Morgan fingerprint density at radius 2 is 1.89 bits per heavy atom. The highest BCUT2D eigenvalue weighted by atomic mass is 19.1. The van der Waals surface area contributed by atoms with Gasteiger partial charge < -0.3 is 9.64 Å². The summed E-state index contributed by atoms with van der Waals surface area (Å²) in [7, 11) is 1.49. The van der Waals surface area contributed by atoms with Crippen molar-refractivity contribution in [3.05, 3.63) is 59.9 Å². The van der Waals surface area contributed by atoms with Crippen LogP contribution in [0, 0.1) is 11.7 Å². The largest absolute Gasteiger partial charge is 0.497 e. The van der Waals surface area contributed by atoms with Crippen molar-refractivity contribution in [3.63, 3.8) is 0 Å². The van der Waals surface area contributed by atoms with Crippen LogP contribution in [0.25, 0.3) is 0 Å². The number of methoxy groups -OCH3 is 1. The third-order valence-corrected chi connectivity index (χ3v) is 4.27. The summed E-state index contributed by atoms with van der Waals surface area (Å²) in [5.41, 5.74) is 5.52. The molecule has 2 aromatic carbocycles. The van der Waals surface area contributed by atoms with Crippen LogP contribution in [-0.2, 0) is 9.59 Å². The van der Waals surface area contributed by atoms with Crippen LogP contribution in [0.4, 0.5) is 10.1 Å². The predicted octanol–water partition coefficient (Wildman–Crippen LogP) is 1.65. The molecule has 27 heavy (non-hydrogen) atoms. The standard InChI is InChI=1S/C19H18FN3O4/c1-27-16-4-2-3-12(9-16)18(25)21-22-19(26)13-10-17(24)23(11-13)15-7-5-14(20)6-8-15/h2-9,13H,10-11H2,1H3,(H,21,25)(H,22,26)/t13-/m1/s1. The van der Waals surface area contributed by atoms with Crippen LogP contribution in [0.5, 0.6) is 5.75 Å². The van der Waals surface area contributed by atoms with E-state index in [0.29, 0.717) is 17.0 Å². The molecule has 3 rings (SSSR count). The van der Waals surface area contributed by atoms with Crippen molar-refractivity contribution in [2.45, 2.75) is 6.42 Å². The monoisotopic (exact) mass is 371 g/mol. The molecule has 1 aliphatic heterocycles. The SMILES string of the molecule is COc1cccc(C(=O)NNC(=O)[C@@H]2CC(=O)N(c3ccc(F)cc3)C2)c1. The van der Waals surface area contributed by atoms with E-state index in [0.717, 1.165) is 0 Å². The fourth-order valence-corrected chi connectivity index (χ4v) is 2.81. The molecule has 1 atom stereocenters. The van der Waals surface area contributed by atoms with Gasteiger partial charge in [-0.3, -0.25) is 25.2 Å². The summed E-state index contributed by atoms with van der Waals surface area (Å²) in [4.78, 5) is 38.0. The average Bonchev–Trinajstić information content (AvgIpc) is 3.08. The van der Waals surface area contributed by atoms with Gasteiger partial charge in [-0.1, -0.05) is 6.07 Å². The van der Waals surface area contributed by atoms with Crippen molar-refractivity contribution in [1.82, 2.24) is 10.9 Å². The molecule has 7 nitrogen and oxygen atoms in total. The number of nitrogens with zero attached hydrogens (tertiary/aromatic N) is 1. The van der Waals surface area contributed by atoms with Crippen molar-refractivity contribution in [1.29, 1.82) is 0 Å². The third-order valence-electron chi connectivity index (χ3n) is 4.27. The number of hydrogen-bond acceptors (Lipinski definition) is 4.